The van der Waals surface area contributed by atoms with Gasteiger partial charge in [0.05, 0.1) is 39.9 Å². The SMILES string of the molecule is CCCCCCC/C=C\C/C=C\C/C=C\CCCCCCCCCCCCC(=O)NC(COP(=O)(O)OCC[N+](C)(C)C)C(O)CCCCCCCCCCCCCCCCCCCCCCCCCC. The van der Waals surface area contributed by atoms with Gasteiger partial charge in [0.2, 0.25) is 5.91 Å². The molecule has 0 radical (unpaired) electrons. The van der Waals surface area contributed by atoms with Crippen molar-refractivity contribution in [2.75, 3.05) is 40.9 Å². The zero-order valence-electron chi connectivity index (χ0n) is 48.0. The number of phosphoric ester groups is 1. The zero-order chi connectivity index (χ0) is 52.0. The Hall–Kier alpha value is -1.28. The van der Waals surface area contributed by atoms with Crippen molar-refractivity contribution < 1.29 is 32.9 Å². The van der Waals surface area contributed by atoms with Crippen molar-refractivity contribution in [3.63, 3.8) is 0 Å². The minimum Gasteiger partial charge on any atom is -0.391 e. The second-order valence-corrected chi connectivity index (χ2v) is 23.9. The molecule has 0 spiro atoms. The molecule has 3 N–H and O–H groups in total. The highest BCUT2D eigenvalue weighted by atomic mass is 31.2. The third-order valence-electron chi connectivity index (χ3n) is 14.1. The Kier molecular flexibility index (Phi) is 52.6. The van der Waals surface area contributed by atoms with Crippen molar-refractivity contribution in [1.82, 2.24) is 5.32 Å². The predicted molar refractivity (Wildman–Crippen MR) is 309 cm³/mol. The predicted octanol–water partition coefficient (Wildman–Crippen LogP) is 18.9. The number of aliphatic hydroxyl groups excluding tert-OH is 1. The highest BCUT2D eigenvalue weighted by Gasteiger charge is 2.28. The minimum absolute atomic E-state index is 0.0742. The van der Waals surface area contributed by atoms with Crippen LogP contribution in [0.1, 0.15) is 303 Å². The average molecular weight is 1020 g/mol. The van der Waals surface area contributed by atoms with E-state index in [9.17, 15) is 19.4 Å². The second-order valence-electron chi connectivity index (χ2n) is 22.4. The van der Waals surface area contributed by atoms with Crippen molar-refractivity contribution in [2.24, 2.45) is 0 Å². The van der Waals surface area contributed by atoms with Crippen LogP contribution in [0.5, 0.6) is 0 Å². The molecular weight excluding hydrogens is 900 g/mol. The molecule has 0 fully saturated rings. The smallest absolute Gasteiger partial charge is 0.391 e. The number of amides is 1. The van der Waals surface area contributed by atoms with Gasteiger partial charge in [-0.25, -0.2) is 4.57 Å². The summed E-state index contributed by atoms with van der Waals surface area (Å²) in [5, 5.41) is 14.1. The largest absolute Gasteiger partial charge is 0.472 e. The van der Waals surface area contributed by atoms with E-state index in [1.165, 1.54) is 225 Å². The van der Waals surface area contributed by atoms with Gasteiger partial charge >= 0.3 is 7.82 Å². The Morgan fingerprint density at radius 3 is 1.17 bits per heavy atom. The molecule has 71 heavy (non-hydrogen) atoms. The zero-order valence-corrected chi connectivity index (χ0v) is 48.9. The van der Waals surface area contributed by atoms with Crippen LogP contribution in [-0.4, -0.2) is 73.4 Å². The summed E-state index contributed by atoms with van der Waals surface area (Å²) in [7, 11) is 1.62. The molecule has 0 aliphatic heterocycles. The van der Waals surface area contributed by atoms with E-state index in [2.05, 4.69) is 55.6 Å². The first-order valence-electron chi connectivity index (χ1n) is 30.9. The number of unbranched alkanes of at least 4 members (excludes halogenated alkanes) is 38. The summed E-state index contributed by atoms with van der Waals surface area (Å²) in [4.78, 5) is 23.4. The molecule has 9 heteroatoms. The number of carbonyl (C=O) groups is 1. The summed E-state index contributed by atoms with van der Waals surface area (Å²) < 4.78 is 23.8. The maximum Gasteiger partial charge on any atom is 0.472 e. The van der Waals surface area contributed by atoms with Crippen LogP contribution in [0.2, 0.25) is 0 Å². The number of quaternary nitrogens is 1. The summed E-state index contributed by atoms with van der Waals surface area (Å²) in [6, 6.07) is -0.764. The third kappa shape index (κ3) is 56.3. The van der Waals surface area contributed by atoms with Gasteiger partial charge in [0.1, 0.15) is 13.2 Å². The van der Waals surface area contributed by atoms with Gasteiger partial charge in [-0.15, -0.1) is 0 Å². The van der Waals surface area contributed by atoms with Crippen molar-refractivity contribution in [3.8, 4) is 0 Å². The Morgan fingerprint density at radius 1 is 0.479 bits per heavy atom. The summed E-state index contributed by atoms with van der Waals surface area (Å²) in [6.07, 6.45) is 69.2. The van der Waals surface area contributed by atoms with E-state index in [0.717, 1.165) is 51.4 Å². The van der Waals surface area contributed by atoms with Crippen LogP contribution < -0.4 is 5.32 Å². The third-order valence-corrected chi connectivity index (χ3v) is 15.1. The summed E-state index contributed by atoms with van der Waals surface area (Å²) in [6.45, 7) is 4.91. The van der Waals surface area contributed by atoms with Crippen LogP contribution in [0.15, 0.2) is 36.5 Å². The second kappa shape index (κ2) is 53.5. The number of allylic oxidation sites excluding steroid dienone is 6. The van der Waals surface area contributed by atoms with Crippen LogP contribution in [0.3, 0.4) is 0 Å². The minimum atomic E-state index is -4.33. The lowest BCUT2D eigenvalue weighted by molar-refractivity contribution is -0.870. The molecule has 3 unspecified atom stereocenters. The van der Waals surface area contributed by atoms with Gasteiger partial charge in [0.15, 0.2) is 0 Å². The van der Waals surface area contributed by atoms with Gasteiger partial charge in [-0.05, 0) is 51.4 Å². The first-order chi connectivity index (χ1) is 34.5. The Balaban J connectivity index is 4.14. The number of aliphatic hydroxyl groups is 1. The van der Waals surface area contributed by atoms with Crippen molar-refractivity contribution in [2.45, 2.75) is 315 Å². The number of nitrogens with zero attached hydrogens (tertiary/aromatic N) is 1. The summed E-state index contributed by atoms with van der Waals surface area (Å²) in [5.41, 5.74) is 0. The van der Waals surface area contributed by atoms with E-state index in [-0.39, 0.29) is 19.1 Å². The van der Waals surface area contributed by atoms with Crippen LogP contribution >= 0.6 is 7.82 Å². The van der Waals surface area contributed by atoms with Crippen molar-refractivity contribution >= 4 is 13.7 Å². The van der Waals surface area contributed by atoms with Gasteiger partial charge in [0.25, 0.3) is 0 Å². The molecule has 0 aliphatic carbocycles. The molecule has 0 saturated carbocycles. The first kappa shape index (κ1) is 69.7. The first-order valence-corrected chi connectivity index (χ1v) is 32.3. The molecule has 3 atom stereocenters. The topological polar surface area (TPSA) is 105 Å². The van der Waals surface area contributed by atoms with Gasteiger partial charge in [0, 0.05) is 6.42 Å². The molecule has 0 aromatic heterocycles. The monoisotopic (exact) mass is 1020 g/mol. The summed E-state index contributed by atoms with van der Waals surface area (Å²) >= 11 is 0. The number of hydrogen-bond acceptors (Lipinski definition) is 5. The van der Waals surface area contributed by atoms with Gasteiger partial charge in [-0.2, -0.15) is 0 Å². The molecule has 0 aliphatic rings. The van der Waals surface area contributed by atoms with Crippen molar-refractivity contribution in [3.05, 3.63) is 36.5 Å². The van der Waals surface area contributed by atoms with Gasteiger partial charge < -0.3 is 19.8 Å². The summed E-state index contributed by atoms with van der Waals surface area (Å²) in [5.74, 6) is -0.145. The highest BCUT2D eigenvalue weighted by Crippen LogP contribution is 2.43. The van der Waals surface area contributed by atoms with Crippen LogP contribution in [-0.2, 0) is 18.4 Å². The number of likely N-dealkylation sites (N-methyl/N-ethyl adjacent to an activating group) is 1. The lowest BCUT2D eigenvalue weighted by Gasteiger charge is -2.26. The molecule has 420 valence electrons. The fourth-order valence-corrected chi connectivity index (χ4v) is 10.0. The van der Waals surface area contributed by atoms with Gasteiger partial charge in [-0.3, -0.25) is 13.8 Å². The molecule has 1 amide bonds. The van der Waals surface area contributed by atoms with E-state index < -0.39 is 20.0 Å². The molecule has 0 aromatic carbocycles. The van der Waals surface area contributed by atoms with E-state index in [4.69, 9.17) is 9.05 Å². The Morgan fingerprint density at radius 2 is 0.803 bits per heavy atom. The Labute approximate surface area is 442 Å². The number of carbonyl (C=O) groups excluding carboxylic acids is 1. The fourth-order valence-electron chi connectivity index (χ4n) is 9.29. The maximum absolute atomic E-state index is 13.0. The Bertz CT molecular complexity index is 1250. The lowest BCUT2D eigenvalue weighted by atomic mass is 10.0. The van der Waals surface area contributed by atoms with Crippen LogP contribution in [0, 0.1) is 0 Å². The van der Waals surface area contributed by atoms with Gasteiger partial charge in [-0.1, -0.05) is 281 Å². The van der Waals surface area contributed by atoms with E-state index >= 15 is 0 Å². The van der Waals surface area contributed by atoms with E-state index in [0.29, 0.717) is 23.9 Å². The molecular formula is C62H122N2O6P+. The highest BCUT2D eigenvalue weighted by molar-refractivity contribution is 7.47. The maximum atomic E-state index is 13.0. The fraction of sp³-hybridized carbons (Fsp3) is 0.887. The lowest BCUT2D eigenvalue weighted by Crippen LogP contribution is -2.46. The van der Waals surface area contributed by atoms with E-state index in [1.54, 1.807) is 0 Å². The number of phosphoric acid groups is 1. The number of nitrogens with one attached hydrogen (secondary N) is 1. The quantitative estimate of drug-likeness (QED) is 0.0243. The molecule has 0 aromatic rings. The molecule has 0 heterocycles. The van der Waals surface area contributed by atoms with E-state index in [1.807, 2.05) is 21.1 Å². The molecule has 0 saturated heterocycles. The standard InChI is InChI=1S/C62H121N2O6P/c1-6-8-10-12-14-16-18-20-22-24-26-28-30-32-34-36-38-40-42-44-46-48-50-52-54-56-62(66)63-60(59-70-71(67,68)69-58-57-64(3,4)5)61(65)55-53-51-49-47-45-43-41-39-37-35-33-31-29-27-25-23-21-19-17-15-13-11-9-7-2/h18,20,24,26,30,32,60-61,65H,6-17,19,21-23,25,27-29,31,33-59H2,1-5H3,(H-,63,66,67,68)/p+1/b20-18-,26-24-,32-30-. The normalized spacial score (nSPS) is 14.1. The number of rotatable bonds is 57. The molecule has 0 rings (SSSR count). The van der Waals surface area contributed by atoms with Crippen LogP contribution in [0.4, 0.5) is 0 Å². The molecule has 8 nitrogen and oxygen atoms in total. The number of hydrogen-bond donors (Lipinski definition) is 3. The molecule has 0 bridgehead atoms. The van der Waals surface area contributed by atoms with Crippen molar-refractivity contribution in [1.29, 1.82) is 0 Å². The average Bonchev–Trinajstić information content (AvgIpc) is 3.33. The van der Waals surface area contributed by atoms with Crippen LogP contribution in [0.25, 0.3) is 0 Å².